The molecule has 3 heteroatoms. The SMILES string of the molecule is C=CCCOC(=O)C[C@H]1CCC(=O)[C@@H]1CC=C. The molecule has 0 N–H and O–H groups in total. The molecule has 1 aliphatic rings. The second-order valence-electron chi connectivity index (χ2n) is 4.40. The minimum absolute atomic E-state index is 0.0283. The number of hydrogen-bond donors (Lipinski definition) is 0. The Morgan fingerprint density at radius 2 is 2.18 bits per heavy atom. The van der Waals surface area contributed by atoms with Crippen molar-refractivity contribution in [1.29, 1.82) is 0 Å². The Kier molecular flexibility index (Phi) is 5.67. The average Bonchev–Trinajstić information content (AvgIpc) is 2.62. The molecule has 1 rings (SSSR count). The van der Waals surface area contributed by atoms with Gasteiger partial charge in [0.25, 0.3) is 0 Å². The van der Waals surface area contributed by atoms with E-state index in [9.17, 15) is 9.59 Å². The van der Waals surface area contributed by atoms with E-state index in [1.807, 2.05) is 0 Å². The van der Waals surface area contributed by atoms with Gasteiger partial charge in [0.15, 0.2) is 0 Å². The summed E-state index contributed by atoms with van der Waals surface area (Å²) in [5.41, 5.74) is 0. The normalized spacial score (nSPS) is 23.4. The van der Waals surface area contributed by atoms with Gasteiger partial charge >= 0.3 is 5.97 Å². The van der Waals surface area contributed by atoms with E-state index in [0.717, 1.165) is 6.42 Å². The van der Waals surface area contributed by atoms with Crippen molar-refractivity contribution >= 4 is 11.8 Å². The van der Waals surface area contributed by atoms with Crippen molar-refractivity contribution in [3.8, 4) is 0 Å². The van der Waals surface area contributed by atoms with E-state index >= 15 is 0 Å². The predicted molar refractivity (Wildman–Crippen MR) is 66.4 cm³/mol. The highest BCUT2D eigenvalue weighted by molar-refractivity contribution is 5.84. The fraction of sp³-hybridized carbons (Fsp3) is 0.571. The van der Waals surface area contributed by atoms with Crippen LogP contribution in [0.3, 0.4) is 0 Å². The number of ketones is 1. The molecule has 0 saturated heterocycles. The summed E-state index contributed by atoms with van der Waals surface area (Å²) in [5.74, 6) is 0.158. The Hall–Kier alpha value is -1.38. The molecule has 2 atom stereocenters. The number of rotatable bonds is 7. The molecule has 17 heavy (non-hydrogen) atoms. The van der Waals surface area contributed by atoms with Crippen molar-refractivity contribution < 1.29 is 14.3 Å². The van der Waals surface area contributed by atoms with Crippen LogP contribution in [0.5, 0.6) is 0 Å². The van der Waals surface area contributed by atoms with Gasteiger partial charge < -0.3 is 4.74 Å². The van der Waals surface area contributed by atoms with Gasteiger partial charge in [0.1, 0.15) is 5.78 Å². The number of carbonyl (C=O) groups excluding carboxylic acids is 2. The molecule has 0 spiro atoms. The van der Waals surface area contributed by atoms with Crippen molar-refractivity contribution in [2.24, 2.45) is 11.8 Å². The van der Waals surface area contributed by atoms with E-state index < -0.39 is 0 Å². The third-order valence-corrected chi connectivity index (χ3v) is 3.18. The molecule has 0 heterocycles. The van der Waals surface area contributed by atoms with E-state index in [1.54, 1.807) is 12.2 Å². The monoisotopic (exact) mass is 236 g/mol. The van der Waals surface area contributed by atoms with Gasteiger partial charge in [-0.3, -0.25) is 9.59 Å². The van der Waals surface area contributed by atoms with E-state index in [0.29, 0.717) is 32.3 Å². The topological polar surface area (TPSA) is 43.4 Å². The van der Waals surface area contributed by atoms with Gasteiger partial charge in [-0.15, -0.1) is 13.2 Å². The Bertz CT molecular complexity index is 307. The minimum Gasteiger partial charge on any atom is -0.465 e. The van der Waals surface area contributed by atoms with Crippen LogP contribution in [0, 0.1) is 11.8 Å². The molecule has 0 bridgehead atoms. The number of ether oxygens (including phenoxy) is 1. The van der Waals surface area contributed by atoms with Crippen LogP contribution in [-0.4, -0.2) is 18.4 Å². The maximum absolute atomic E-state index is 11.6. The number of hydrogen-bond acceptors (Lipinski definition) is 3. The molecule has 1 saturated carbocycles. The lowest BCUT2D eigenvalue weighted by Gasteiger charge is -2.15. The fourth-order valence-corrected chi connectivity index (χ4v) is 2.25. The molecule has 0 aromatic rings. The molecule has 1 fully saturated rings. The summed E-state index contributed by atoms with van der Waals surface area (Å²) in [6.07, 6.45) is 6.55. The lowest BCUT2D eigenvalue weighted by molar-refractivity contribution is -0.144. The Labute approximate surface area is 103 Å². The second-order valence-corrected chi connectivity index (χ2v) is 4.40. The first-order valence-electron chi connectivity index (χ1n) is 6.09. The van der Waals surface area contributed by atoms with Crippen LogP contribution in [0.25, 0.3) is 0 Å². The van der Waals surface area contributed by atoms with Crippen LogP contribution < -0.4 is 0 Å². The van der Waals surface area contributed by atoms with Crippen molar-refractivity contribution in [1.82, 2.24) is 0 Å². The second kappa shape index (κ2) is 7.05. The summed E-state index contributed by atoms with van der Waals surface area (Å²) in [6, 6.07) is 0. The van der Waals surface area contributed by atoms with Gasteiger partial charge in [-0.05, 0) is 25.2 Å². The number of Topliss-reactive ketones (excluding diaryl/α,β-unsaturated/α-hetero) is 1. The van der Waals surface area contributed by atoms with Crippen LogP contribution in [0.1, 0.15) is 32.1 Å². The van der Waals surface area contributed by atoms with E-state index in [1.165, 1.54) is 0 Å². The molecule has 0 amide bonds. The van der Waals surface area contributed by atoms with Crippen molar-refractivity contribution in [2.75, 3.05) is 6.61 Å². The zero-order valence-corrected chi connectivity index (χ0v) is 10.2. The van der Waals surface area contributed by atoms with Crippen LogP contribution >= 0.6 is 0 Å². The zero-order chi connectivity index (χ0) is 12.7. The lowest BCUT2D eigenvalue weighted by atomic mass is 9.90. The molecule has 3 nitrogen and oxygen atoms in total. The van der Waals surface area contributed by atoms with Crippen molar-refractivity contribution in [2.45, 2.75) is 32.1 Å². The molecule has 0 aliphatic heterocycles. The molecule has 0 aromatic carbocycles. The molecule has 1 aliphatic carbocycles. The number of esters is 1. The maximum Gasteiger partial charge on any atom is 0.306 e. The van der Waals surface area contributed by atoms with Gasteiger partial charge in [-0.25, -0.2) is 0 Å². The predicted octanol–water partition coefficient (Wildman–Crippen LogP) is 2.67. The lowest BCUT2D eigenvalue weighted by Crippen LogP contribution is -2.18. The quantitative estimate of drug-likeness (QED) is 0.388. The van der Waals surface area contributed by atoms with E-state index in [4.69, 9.17) is 4.74 Å². The molecular formula is C14H20O3. The van der Waals surface area contributed by atoms with Crippen LogP contribution in [0.2, 0.25) is 0 Å². The highest BCUT2D eigenvalue weighted by atomic mass is 16.5. The van der Waals surface area contributed by atoms with E-state index in [-0.39, 0.29) is 23.6 Å². The number of carbonyl (C=O) groups is 2. The van der Waals surface area contributed by atoms with Crippen LogP contribution in [0.4, 0.5) is 0 Å². The summed E-state index contributed by atoms with van der Waals surface area (Å²) in [5, 5.41) is 0. The summed E-state index contributed by atoms with van der Waals surface area (Å²) in [7, 11) is 0. The summed E-state index contributed by atoms with van der Waals surface area (Å²) >= 11 is 0. The standard InChI is InChI=1S/C14H20O3/c1-3-5-9-17-14(16)10-11-7-8-13(15)12(11)6-4-2/h3-4,11-12H,1-2,5-10H2/t11-,12-/m1/s1. The number of allylic oxidation sites excluding steroid dienone is 1. The third kappa shape index (κ3) is 4.17. The highest BCUT2D eigenvalue weighted by Gasteiger charge is 2.34. The fourth-order valence-electron chi connectivity index (χ4n) is 2.25. The van der Waals surface area contributed by atoms with E-state index in [2.05, 4.69) is 13.2 Å². The van der Waals surface area contributed by atoms with Crippen molar-refractivity contribution in [3.05, 3.63) is 25.3 Å². The first kappa shape index (κ1) is 13.7. The molecule has 94 valence electrons. The van der Waals surface area contributed by atoms with Crippen LogP contribution in [0.15, 0.2) is 25.3 Å². The summed E-state index contributed by atoms with van der Waals surface area (Å²) in [4.78, 5) is 23.1. The first-order valence-corrected chi connectivity index (χ1v) is 6.09. The smallest absolute Gasteiger partial charge is 0.306 e. The highest BCUT2D eigenvalue weighted by Crippen LogP contribution is 2.34. The Morgan fingerprint density at radius 1 is 1.41 bits per heavy atom. The molecule has 0 aromatic heterocycles. The van der Waals surface area contributed by atoms with Gasteiger partial charge in [0.2, 0.25) is 0 Å². The third-order valence-electron chi connectivity index (χ3n) is 3.18. The van der Waals surface area contributed by atoms with Crippen molar-refractivity contribution in [3.63, 3.8) is 0 Å². The van der Waals surface area contributed by atoms with Gasteiger partial charge in [-0.2, -0.15) is 0 Å². The first-order chi connectivity index (χ1) is 8.19. The zero-order valence-electron chi connectivity index (χ0n) is 10.2. The van der Waals surface area contributed by atoms with Gasteiger partial charge in [0.05, 0.1) is 6.61 Å². The average molecular weight is 236 g/mol. The summed E-state index contributed by atoms with van der Waals surface area (Å²) < 4.78 is 5.06. The maximum atomic E-state index is 11.6. The van der Waals surface area contributed by atoms with Crippen LogP contribution in [-0.2, 0) is 14.3 Å². The minimum atomic E-state index is -0.208. The largest absolute Gasteiger partial charge is 0.465 e. The molecule has 0 radical (unpaired) electrons. The van der Waals surface area contributed by atoms with Gasteiger partial charge in [-0.1, -0.05) is 12.2 Å². The Morgan fingerprint density at radius 3 is 2.82 bits per heavy atom. The summed E-state index contributed by atoms with van der Waals surface area (Å²) in [6.45, 7) is 7.60. The molecule has 0 unspecified atom stereocenters. The Balaban J connectivity index is 2.38. The van der Waals surface area contributed by atoms with Gasteiger partial charge in [0, 0.05) is 18.8 Å². The molecular weight excluding hydrogens is 216 g/mol.